The third kappa shape index (κ3) is 2.70. The first kappa shape index (κ1) is 14.7. The molecule has 0 amide bonds. The molecule has 1 aromatic heterocycles. The predicted molar refractivity (Wildman–Crippen MR) is 97.1 cm³/mol. The minimum atomic E-state index is 0.916. The molecule has 1 aromatic carbocycles. The van der Waals surface area contributed by atoms with Crippen LogP contribution in [0.25, 0.3) is 10.9 Å². The van der Waals surface area contributed by atoms with Crippen molar-refractivity contribution in [2.45, 2.75) is 19.4 Å². The highest BCUT2D eigenvalue weighted by Crippen LogP contribution is 2.42. The Morgan fingerprint density at radius 3 is 2.58 bits per heavy atom. The highest BCUT2D eigenvalue weighted by atomic mass is 15.3. The number of fused-ring (bicyclic) bond motifs is 3. The first-order valence-electron chi connectivity index (χ1n) is 9.75. The number of piperazine rings is 1. The molecule has 1 aliphatic heterocycles. The fourth-order valence-electron chi connectivity index (χ4n) is 5.39. The second-order valence-electron chi connectivity index (χ2n) is 8.28. The zero-order valence-corrected chi connectivity index (χ0v) is 14.4. The van der Waals surface area contributed by atoms with Gasteiger partial charge in [-0.1, -0.05) is 30.4 Å². The molecule has 0 radical (unpaired) electrons. The van der Waals surface area contributed by atoms with E-state index in [1.807, 2.05) is 4.90 Å². The summed E-state index contributed by atoms with van der Waals surface area (Å²) in [5.74, 6) is 2.82. The lowest BCUT2D eigenvalue weighted by Crippen LogP contribution is -3.27. The van der Waals surface area contributed by atoms with Crippen LogP contribution in [0.15, 0.2) is 42.6 Å². The van der Waals surface area contributed by atoms with Crippen LogP contribution in [0.2, 0.25) is 0 Å². The Balaban J connectivity index is 1.16. The Morgan fingerprint density at radius 1 is 0.958 bits per heavy atom. The van der Waals surface area contributed by atoms with Crippen LogP contribution in [0.4, 0.5) is 0 Å². The smallest absolute Gasteiger partial charge is 0.127 e. The van der Waals surface area contributed by atoms with Crippen molar-refractivity contribution < 1.29 is 9.80 Å². The summed E-state index contributed by atoms with van der Waals surface area (Å²) in [5, 5.41) is 1.41. The fourth-order valence-corrected chi connectivity index (χ4v) is 5.39. The number of hydrogen-bond acceptors (Lipinski definition) is 0. The second-order valence-corrected chi connectivity index (χ2v) is 8.28. The van der Waals surface area contributed by atoms with Gasteiger partial charge in [0.2, 0.25) is 0 Å². The summed E-state index contributed by atoms with van der Waals surface area (Å²) in [5.41, 5.74) is 2.77. The molecule has 0 spiro atoms. The maximum absolute atomic E-state index is 3.43. The molecule has 3 heteroatoms. The Hall–Kier alpha value is -1.58. The van der Waals surface area contributed by atoms with E-state index in [0.717, 1.165) is 17.8 Å². The molecule has 1 saturated heterocycles. The Morgan fingerprint density at radius 2 is 1.79 bits per heavy atom. The van der Waals surface area contributed by atoms with Gasteiger partial charge in [0, 0.05) is 28.6 Å². The summed E-state index contributed by atoms with van der Waals surface area (Å²) >= 11 is 0. The highest BCUT2D eigenvalue weighted by molar-refractivity contribution is 5.82. The molecular formula is C21H29N3+2. The zero-order valence-electron chi connectivity index (χ0n) is 14.4. The van der Waals surface area contributed by atoms with E-state index in [1.165, 1.54) is 68.6 Å². The van der Waals surface area contributed by atoms with Gasteiger partial charge in [0.05, 0.1) is 6.54 Å². The number of benzene rings is 1. The first-order valence-corrected chi connectivity index (χ1v) is 9.75. The van der Waals surface area contributed by atoms with Gasteiger partial charge in [-0.15, -0.1) is 0 Å². The van der Waals surface area contributed by atoms with Gasteiger partial charge < -0.3 is 14.8 Å². The van der Waals surface area contributed by atoms with E-state index in [-0.39, 0.29) is 0 Å². The number of rotatable bonds is 4. The van der Waals surface area contributed by atoms with E-state index in [9.17, 15) is 0 Å². The summed E-state index contributed by atoms with van der Waals surface area (Å²) < 4.78 is 0. The SMILES string of the molecule is C1=C[C@H]2C[C@@H]1C[C@H]2C[NH+]1CC[NH+](Cc2c[nH]c3ccccc23)CC1. The lowest BCUT2D eigenvalue weighted by Gasteiger charge is -2.32. The molecule has 5 rings (SSSR count). The minimum Gasteiger partial charge on any atom is -0.361 e. The molecule has 3 atom stereocenters. The number of hydrogen-bond donors (Lipinski definition) is 3. The molecule has 2 aliphatic carbocycles. The Labute approximate surface area is 144 Å². The lowest BCUT2D eigenvalue weighted by atomic mass is 9.93. The van der Waals surface area contributed by atoms with Gasteiger partial charge in [-0.25, -0.2) is 0 Å². The van der Waals surface area contributed by atoms with Gasteiger partial charge in [0.1, 0.15) is 32.7 Å². The number of nitrogens with one attached hydrogen (secondary N) is 3. The molecular weight excluding hydrogens is 294 g/mol. The van der Waals surface area contributed by atoms with Crippen molar-refractivity contribution in [2.75, 3.05) is 32.7 Å². The quantitative estimate of drug-likeness (QED) is 0.689. The number of aromatic nitrogens is 1. The van der Waals surface area contributed by atoms with Crippen LogP contribution in [-0.2, 0) is 6.54 Å². The van der Waals surface area contributed by atoms with Crippen molar-refractivity contribution in [3.8, 4) is 0 Å². The van der Waals surface area contributed by atoms with Gasteiger partial charge in [0.15, 0.2) is 0 Å². The van der Waals surface area contributed by atoms with Gasteiger partial charge in [0.25, 0.3) is 0 Å². The molecule has 0 unspecified atom stereocenters. The van der Waals surface area contributed by atoms with Crippen molar-refractivity contribution >= 4 is 10.9 Å². The summed E-state index contributed by atoms with van der Waals surface area (Å²) in [6, 6.07) is 8.70. The largest absolute Gasteiger partial charge is 0.361 e. The fraction of sp³-hybridized carbons (Fsp3) is 0.524. The van der Waals surface area contributed by atoms with Gasteiger partial charge >= 0.3 is 0 Å². The normalized spacial score (nSPS) is 35.1. The number of quaternary nitrogens is 2. The molecule has 2 aromatic rings. The van der Waals surface area contributed by atoms with Gasteiger partial charge in [-0.05, 0) is 30.7 Å². The van der Waals surface area contributed by atoms with Crippen molar-refractivity contribution in [2.24, 2.45) is 17.8 Å². The second kappa shape index (κ2) is 6.05. The molecule has 1 saturated carbocycles. The maximum Gasteiger partial charge on any atom is 0.127 e. The first-order chi connectivity index (χ1) is 11.8. The minimum absolute atomic E-state index is 0.916. The average Bonchev–Trinajstić information content (AvgIpc) is 3.33. The molecule has 126 valence electrons. The van der Waals surface area contributed by atoms with Crippen molar-refractivity contribution in [1.29, 1.82) is 0 Å². The molecule has 3 nitrogen and oxygen atoms in total. The monoisotopic (exact) mass is 323 g/mol. The van der Waals surface area contributed by atoms with Gasteiger partial charge in [-0.3, -0.25) is 0 Å². The van der Waals surface area contributed by atoms with E-state index in [1.54, 1.807) is 4.90 Å². The maximum atomic E-state index is 3.43. The number of H-pyrrole nitrogens is 1. The third-order valence-corrected chi connectivity index (χ3v) is 6.75. The van der Waals surface area contributed by atoms with Crippen LogP contribution in [0, 0.1) is 17.8 Å². The predicted octanol–water partition coefficient (Wildman–Crippen LogP) is 0.664. The van der Waals surface area contributed by atoms with Crippen LogP contribution in [0.5, 0.6) is 0 Å². The zero-order chi connectivity index (χ0) is 15.9. The van der Waals surface area contributed by atoms with Gasteiger partial charge in [-0.2, -0.15) is 0 Å². The van der Waals surface area contributed by atoms with Crippen molar-refractivity contribution in [3.63, 3.8) is 0 Å². The van der Waals surface area contributed by atoms with E-state index in [2.05, 4.69) is 47.6 Å². The number of allylic oxidation sites excluding steroid dienone is 2. The van der Waals surface area contributed by atoms with Crippen LogP contribution in [0.1, 0.15) is 18.4 Å². The Bertz CT molecular complexity index is 738. The van der Waals surface area contributed by atoms with E-state index in [0.29, 0.717) is 0 Å². The van der Waals surface area contributed by atoms with Crippen LogP contribution in [0.3, 0.4) is 0 Å². The lowest BCUT2D eigenvalue weighted by molar-refractivity contribution is -1.02. The molecule has 2 heterocycles. The topological polar surface area (TPSA) is 24.7 Å². The molecule has 2 bridgehead atoms. The van der Waals surface area contributed by atoms with Crippen molar-refractivity contribution in [1.82, 2.24) is 4.98 Å². The molecule has 3 aliphatic rings. The molecule has 24 heavy (non-hydrogen) atoms. The summed E-state index contributed by atoms with van der Waals surface area (Å²) in [7, 11) is 0. The molecule has 2 fully saturated rings. The summed E-state index contributed by atoms with van der Waals surface area (Å²) in [6.45, 7) is 7.96. The van der Waals surface area contributed by atoms with Crippen LogP contribution < -0.4 is 9.80 Å². The van der Waals surface area contributed by atoms with Crippen molar-refractivity contribution in [3.05, 3.63) is 48.2 Å². The van der Waals surface area contributed by atoms with Crippen LogP contribution in [-0.4, -0.2) is 37.7 Å². The Kier molecular flexibility index (Phi) is 3.72. The number of aromatic amines is 1. The third-order valence-electron chi connectivity index (χ3n) is 6.75. The standard InChI is InChI=1S/C21H27N3/c1-2-4-21-20(3-1)19(13-22-21)15-24-9-7-23(8-10-24)14-18-12-16-5-6-17(18)11-16/h1-6,13,16-18,22H,7-12,14-15H2/p+2/t16-,17+,18+/m1/s1. The highest BCUT2D eigenvalue weighted by Gasteiger charge is 2.38. The number of para-hydroxylation sites is 1. The summed E-state index contributed by atoms with van der Waals surface area (Å²) in [6.07, 6.45) is 10.1. The average molecular weight is 323 g/mol. The summed E-state index contributed by atoms with van der Waals surface area (Å²) in [4.78, 5) is 7.05. The van der Waals surface area contributed by atoms with Crippen LogP contribution >= 0.6 is 0 Å². The molecule has 3 N–H and O–H groups in total. The van der Waals surface area contributed by atoms with E-state index >= 15 is 0 Å². The van der Waals surface area contributed by atoms with E-state index < -0.39 is 0 Å². The van der Waals surface area contributed by atoms with E-state index in [4.69, 9.17) is 0 Å².